The van der Waals surface area contributed by atoms with Crippen molar-refractivity contribution in [1.29, 1.82) is 0 Å². The first kappa shape index (κ1) is 11.4. The Morgan fingerprint density at radius 1 is 1.69 bits per heavy atom. The Kier molecular flexibility index (Phi) is 3.76. The van der Waals surface area contributed by atoms with E-state index in [0.29, 0.717) is 24.8 Å². The van der Waals surface area contributed by atoms with Crippen molar-refractivity contribution in [2.75, 3.05) is 12.4 Å². The Balaban J connectivity index is 1.71. The maximum absolute atomic E-state index is 11.7. The van der Waals surface area contributed by atoms with E-state index in [4.69, 9.17) is 4.74 Å². The van der Waals surface area contributed by atoms with Crippen molar-refractivity contribution in [3.05, 3.63) is 5.82 Å². The van der Waals surface area contributed by atoms with E-state index in [1.807, 2.05) is 0 Å². The molecule has 0 radical (unpaired) electrons. The molecule has 1 N–H and O–H groups in total. The van der Waals surface area contributed by atoms with Gasteiger partial charge in [0.15, 0.2) is 5.82 Å². The molecule has 0 aliphatic carbocycles. The second-order valence-electron chi connectivity index (χ2n) is 3.80. The number of thioether (sulfide) groups is 1. The largest absolute Gasteiger partial charge is 0.464 e. The normalized spacial score (nSPS) is 24.6. The summed E-state index contributed by atoms with van der Waals surface area (Å²) in [5.74, 6) is 1.92. The number of nitrogens with zero attached hydrogens (tertiary/aromatic N) is 3. The number of carbonyl (C=O) groups is 1. The molecule has 2 atom stereocenters. The minimum Gasteiger partial charge on any atom is -0.464 e. The lowest BCUT2D eigenvalue weighted by molar-refractivity contribution is -0.143. The van der Waals surface area contributed by atoms with Crippen LogP contribution in [0.2, 0.25) is 0 Å². The number of aromatic amines is 1. The second-order valence-corrected chi connectivity index (χ2v) is 5.05. The van der Waals surface area contributed by atoms with Gasteiger partial charge in [-0.05, 0) is 18.1 Å². The first-order valence-electron chi connectivity index (χ1n) is 5.28. The Bertz CT molecular complexity index is 343. The van der Waals surface area contributed by atoms with Gasteiger partial charge in [0.2, 0.25) is 0 Å². The zero-order valence-corrected chi connectivity index (χ0v) is 9.87. The van der Waals surface area contributed by atoms with E-state index in [1.54, 1.807) is 11.8 Å². The van der Waals surface area contributed by atoms with E-state index in [9.17, 15) is 4.79 Å². The molecule has 1 aromatic rings. The van der Waals surface area contributed by atoms with Crippen molar-refractivity contribution in [2.24, 2.45) is 5.92 Å². The Hall–Kier alpha value is -1.11. The molecular weight excluding hydrogens is 228 g/mol. The van der Waals surface area contributed by atoms with Crippen LogP contribution in [0.4, 0.5) is 0 Å². The number of rotatable bonds is 4. The smallest absolute Gasteiger partial charge is 0.319 e. The van der Waals surface area contributed by atoms with Crippen LogP contribution < -0.4 is 0 Å². The highest BCUT2D eigenvalue weighted by atomic mass is 32.2. The van der Waals surface area contributed by atoms with Crippen molar-refractivity contribution in [3.63, 3.8) is 0 Å². The molecule has 0 amide bonds. The SMILES string of the molecule is CC1CCSC1C(=O)OCCc1nn[nH]n1. The average molecular weight is 242 g/mol. The van der Waals surface area contributed by atoms with Gasteiger partial charge in [-0.2, -0.15) is 5.21 Å². The molecule has 6 nitrogen and oxygen atoms in total. The van der Waals surface area contributed by atoms with Gasteiger partial charge < -0.3 is 4.74 Å². The van der Waals surface area contributed by atoms with Crippen LogP contribution in [0, 0.1) is 5.92 Å². The topological polar surface area (TPSA) is 80.8 Å². The van der Waals surface area contributed by atoms with Gasteiger partial charge in [-0.3, -0.25) is 4.79 Å². The van der Waals surface area contributed by atoms with E-state index in [1.165, 1.54) is 0 Å². The summed E-state index contributed by atoms with van der Waals surface area (Å²) >= 11 is 1.68. The molecule has 0 spiro atoms. The monoisotopic (exact) mass is 242 g/mol. The van der Waals surface area contributed by atoms with Crippen molar-refractivity contribution in [1.82, 2.24) is 20.6 Å². The van der Waals surface area contributed by atoms with Gasteiger partial charge in [0, 0.05) is 6.42 Å². The van der Waals surface area contributed by atoms with Crippen LogP contribution in [0.25, 0.3) is 0 Å². The molecule has 2 unspecified atom stereocenters. The highest BCUT2D eigenvalue weighted by molar-refractivity contribution is 8.00. The lowest BCUT2D eigenvalue weighted by Gasteiger charge is -2.12. The molecule has 1 aliphatic rings. The number of ether oxygens (including phenoxy) is 1. The Morgan fingerprint density at radius 3 is 3.19 bits per heavy atom. The fourth-order valence-electron chi connectivity index (χ4n) is 1.61. The van der Waals surface area contributed by atoms with E-state index in [0.717, 1.165) is 12.2 Å². The van der Waals surface area contributed by atoms with Crippen LogP contribution in [-0.2, 0) is 16.0 Å². The fraction of sp³-hybridized carbons (Fsp3) is 0.778. The zero-order valence-electron chi connectivity index (χ0n) is 9.05. The fourth-order valence-corrected chi connectivity index (χ4v) is 3.04. The molecule has 1 fully saturated rings. The second kappa shape index (κ2) is 5.29. The minimum absolute atomic E-state index is 0.00488. The standard InChI is InChI=1S/C9H14N4O2S/c1-6-3-5-16-8(6)9(14)15-4-2-7-10-12-13-11-7/h6,8H,2-5H2,1H3,(H,10,11,12,13). The van der Waals surface area contributed by atoms with E-state index >= 15 is 0 Å². The molecule has 1 saturated heterocycles. The molecule has 88 valence electrons. The number of hydrogen-bond acceptors (Lipinski definition) is 6. The molecule has 0 aromatic carbocycles. The van der Waals surface area contributed by atoms with Crippen LogP contribution in [0.15, 0.2) is 0 Å². The number of hydrogen-bond donors (Lipinski definition) is 1. The summed E-state index contributed by atoms with van der Waals surface area (Å²) in [6.07, 6.45) is 1.60. The molecule has 7 heteroatoms. The van der Waals surface area contributed by atoms with E-state index in [2.05, 4.69) is 27.5 Å². The third-order valence-corrected chi connectivity index (χ3v) is 4.07. The van der Waals surface area contributed by atoms with Crippen LogP contribution in [-0.4, -0.2) is 44.2 Å². The summed E-state index contributed by atoms with van der Waals surface area (Å²) in [5, 5.41) is 13.4. The first-order valence-corrected chi connectivity index (χ1v) is 6.33. The van der Waals surface area contributed by atoms with Crippen molar-refractivity contribution in [2.45, 2.75) is 25.0 Å². The van der Waals surface area contributed by atoms with Crippen LogP contribution in [0.1, 0.15) is 19.2 Å². The lowest BCUT2D eigenvalue weighted by Crippen LogP contribution is -2.24. The van der Waals surface area contributed by atoms with Crippen LogP contribution in [0.3, 0.4) is 0 Å². The lowest BCUT2D eigenvalue weighted by atomic mass is 10.1. The van der Waals surface area contributed by atoms with Crippen LogP contribution >= 0.6 is 11.8 Å². The van der Waals surface area contributed by atoms with Gasteiger partial charge in [-0.25, -0.2) is 0 Å². The molecule has 0 saturated carbocycles. The number of nitrogens with one attached hydrogen (secondary N) is 1. The summed E-state index contributed by atoms with van der Waals surface area (Å²) in [6.45, 7) is 2.41. The predicted octanol–water partition coefficient (Wildman–Crippen LogP) is 0.427. The van der Waals surface area contributed by atoms with E-state index in [-0.39, 0.29) is 11.2 Å². The summed E-state index contributed by atoms with van der Waals surface area (Å²) in [6, 6.07) is 0. The molecule has 16 heavy (non-hydrogen) atoms. The number of esters is 1. The highest BCUT2D eigenvalue weighted by Crippen LogP contribution is 2.32. The molecule has 1 aromatic heterocycles. The third-order valence-electron chi connectivity index (χ3n) is 2.58. The van der Waals surface area contributed by atoms with Gasteiger partial charge in [0.1, 0.15) is 5.25 Å². The summed E-state index contributed by atoms with van der Waals surface area (Å²) < 4.78 is 5.19. The maximum atomic E-state index is 11.7. The molecule has 2 rings (SSSR count). The molecule has 0 bridgehead atoms. The first-order chi connectivity index (χ1) is 7.77. The quantitative estimate of drug-likeness (QED) is 0.771. The Morgan fingerprint density at radius 2 is 2.56 bits per heavy atom. The number of tetrazole rings is 1. The summed E-state index contributed by atoms with van der Waals surface area (Å²) in [4.78, 5) is 11.7. The summed E-state index contributed by atoms with van der Waals surface area (Å²) in [5.41, 5.74) is 0. The molecule has 2 heterocycles. The predicted molar refractivity (Wildman–Crippen MR) is 58.9 cm³/mol. The molecular formula is C9H14N4O2S. The van der Waals surface area contributed by atoms with Gasteiger partial charge in [-0.1, -0.05) is 12.1 Å². The van der Waals surface area contributed by atoms with Crippen molar-refractivity contribution >= 4 is 17.7 Å². The van der Waals surface area contributed by atoms with Gasteiger partial charge in [0.25, 0.3) is 0 Å². The average Bonchev–Trinajstić information content (AvgIpc) is 2.88. The minimum atomic E-state index is -0.113. The third kappa shape index (κ3) is 2.72. The summed E-state index contributed by atoms with van der Waals surface area (Å²) in [7, 11) is 0. The van der Waals surface area contributed by atoms with Crippen LogP contribution in [0.5, 0.6) is 0 Å². The van der Waals surface area contributed by atoms with Crippen molar-refractivity contribution in [3.8, 4) is 0 Å². The molecule has 1 aliphatic heterocycles. The van der Waals surface area contributed by atoms with Gasteiger partial charge in [0.05, 0.1) is 6.61 Å². The Labute approximate surface area is 97.5 Å². The number of carbonyl (C=O) groups excluding carboxylic acids is 1. The van der Waals surface area contributed by atoms with Crippen molar-refractivity contribution < 1.29 is 9.53 Å². The zero-order chi connectivity index (χ0) is 11.4. The number of H-pyrrole nitrogens is 1. The van der Waals surface area contributed by atoms with Gasteiger partial charge in [-0.15, -0.1) is 22.0 Å². The number of aromatic nitrogens is 4. The maximum Gasteiger partial charge on any atom is 0.319 e. The van der Waals surface area contributed by atoms with Gasteiger partial charge >= 0.3 is 5.97 Å². The van der Waals surface area contributed by atoms with E-state index < -0.39 is 0 Å². The highest BCUT2D eigenvalue weighted by Gasteiger charge is 2.31.